The largest absolute Gasteiger partial charge is 0.495 e. The molecular weight excluding hydrogens is 384 g/mol. The number of sulfone groups is 1. The van der Waals surface area contributed by atoms with Crippen LogP contribution < -0.4 is 10.1 Å². The zero-order valence-corrected chi connectivity index (χ0v) is 16.3. The van der Waals surface area contributed by atoms with Gasteiger partial charge in [0.05, 0.1) is 30.8 Å². The number of aliphatic hydroxyl groups excluding tert-OH is 1. The number of nitrogens with one attached hydrogen (secondary N) is 1. The highest BCUT2D eigenvalue weighted by atomic mass is 32.2. The molecule has 1 heterocycles. The van der Waals surface area contributed by atoms with Crippen molar-refractivity contribution in [2.24, 2.45) is 0 Å². The summed E-state index contributed by atoms with van der Waals surface area (Å²) in [4.78, 5) is 11.0. The van der Waals surface area contributed by atoms with E-state index in [9.17, 15) is 26.7 Å². The van der Waals surface area contributed by atoms with Gasteiger partial charge < -0.3 is 15.2 Å². The molecule has 1 aromatic rings. The van der Waals surface area contributed by atoms with Crippen molar-refractivity contribution in [3.8, 4) is 5.75 Å². The highest BCUT2D eigenvalue weighted by Crippen LogP contribution is 2.32. The number of carbonyl (C=O) groups excluding carboxylic acids is 1. The third kappa shape index (κ3) is 4.17. The minimum Gasteiger partial charge on any atom is -0.495 e. The molecule has 26 heavy (non-hydrogen) atoms. The van der Waals surface area contributed by atoms with E-state index in [1.165, 1.54) is 32.2 Å². The molecule has 2 atom stereocenters. The monoisotopic (exact) mass is 406 g/mol. The lowest BCUT2D eigenvalue weighted by Crippen LogP contribution is -2.46. The molecule has 1 fully saturated rings. The standard InChI is InChI=1S/C15H22N2O7S2/c1-4-17(12-8-25(20,21)9-13(12)19)26(22,23)15-7-11(16-10(2)18)5-6-14(15)24-3/h5-7,12-13,19H,4,8-9H2,1-3H3,(H,16,18)/t12-,13+/m0/s1. The van der Waals surface area contributed by atoms with Crippen LogP contribution in [0, 0.1) is 0 Å². The van der Waals surface area contributed by atoms with Crippen molar-refractivity contribution < 1.29 is 31.5 Å². The summed E-state index contributed by atoms with van der Waals surface area (Å²) in [6, 6.07) is 3.05. The zero-order valence-electron chi connectivity index (χ0n) is 14.7. The molecule has 146 valence electrons. The van der Waals surface area contributed by atoms with Gasteiger partial charge >= 0.3 is 0 Å². The lowest BCUT2D eigenvalue weighted by molar-refractivity contribution is -0.114. The molecule has 1 aromatic carbocycles. The van der Waals surface area contributed by atoms with Crippen LogP contribution in [-0.4, -0.2) is 69.5 Å². The van der Waals surface area contributed by atoms with Gasteiger partial charge in [0, 0.05) is 19.2 Å². The lowest BCUT2D eigenvalue weighted by Gasteiger charge is -2.28. The number of methoxy groups -OCH3 is 1. The minimum atomic E-state index is -4.19. The van der Waals surface area contributed by atoms with Gasteiger partial charge in [0.15, 0.2) is 9.84 Å². The van der Waals surface area contributed by atoms with E-state index in [-0.39, 0.29) is 28.8 Å². The number of carbonyl (C=O) groups is 1. The van der Waals surface area contributed by atoms with Crippen LogP contribution in [0.3, 0.4) is 0 Å². The molecule has 1 saturated heterocycles. The number of nitrogens with zero attached hydrogens (tertiary/aromatic N) is 1. The topological polar surface area (TPSA) is 130 Å². The van der Waals surface area contributed by atoms with Crippen molar-refractivity contribution in [2.45, 2.75) is 30.9 Å². The smallest absolute Gasteiger partial charge is 0.247 e. The predicted molar refractivity (Wildman–Crippen MR) is 95.3 cm³/mol. The molecule has 0 radical (unpaired) electrons. The first-order valence-corrected chi connectivity index (χ1v) is 11.1. The lowest BCUT2D eigenvalue weighted by atomic mass is 10.2. The van der Waals surface area contributed by atoms with Crippen molar-refractivity contribution in [3.05, 3.63) is 18.2 Å². The number of amides is 1. The van der Waals surface area contributed by atoms with Gasteiger partial charge in [-0.15, -0.1) is 0 Å². The van der Waals surface area contributed by atoms with Crippen LogP contribution in [-0.2, 0) is 24.7 Å². The van der Waals surface area contributed by atoms with Crippen LogP contribution >= 0.6 is 0 Å². The molecular formula is C15H22N2O7S2. The normalized spacial score (nSPS) is 22.3. The highest BCUT2D eigenvalue weighted by Gasteiger charge is 2.44. The summed E-state index contributed by atoms with van der Waals surface area (Å²) < 4.78 is 55.9. The predicted octanol–water partition coefficient (Wildman–Crippen LogP) is -0.178. The molecule has 0 bridgehead atoms. The summed E-state index contributed by atoms with van der Waals surface area (Å²) in [5, 5.41) is 12.6. The summed E-state index contributed by atoms with van der Waals surface area (Å²) in [5.41, 5.74) is 0.257. The summed E-state index contributed by atoms with van der Waals surface area (Å²) in [6.07, 6.45) is -1.31. The molecule has 0 aromatic heterocycles. The van der Waals surface area contributed by atoms with Crippen molar-refractivity contribution in [1.82, 2.24) is 4.31 Å². The van der Waals surface area contributed by atoms with E-state index in [1.54, 1.807) is 6.92 Å². The Balaban J connectivity index is 2.52. The molecule has 2 rings (SSSR count). The molecule has 1 aliphatic heterocycles. The maximum Gasteiger partial charge on any atom is 0.247 e. The van der Waals surface area contributed by atoms with E-state index in [4.69, 9.17) is 4.74 Å². The molecule has 9 nitrogen and oxygen atoms in total. The van der Waals surface area contributed by atoms with E-state index in [0.29, 0.717) is 0 Å². The Bertz CT molecular complexity index is 897. The van der Waals surface area contributed by atoms with Gasteiger partial charge in [0.2, 0.25) is 15.9 Å². The van der Waals surface area contributed by atoms with Crippen LogP contribution in [0.2, 0.25) is 0 Å². The SMILES string of the molecule is CCN([C@H]1CS(=O)(=O)C[C@H]1O)S(=O)(=O)c1cc(NC(C)=O)ccc1OC. The number of rotatable bonds is 6. The van der Waals surface area contributed by atoms with Crippen molar-refractivity contribution in [1.29, 1.82) is 0 Å². The number of hydrogen-bond donors (Lipinski definition) is 2. The second-order valence-electron chi connectivity index (χ2n) is 5.97. The summed E-state index contributed by atoms with van der Waals surface area (Å²) in [6.45, 7) is 2.81. The first kappa shape index (κ1) is 20.6. The molecule has 2 N–H and O–H groups in total. The summed E-state index contributed by atoms with van der Waals surface area (Å²) in [7, 11) is -6.41. The number of aliphatic hydroxyl groups is 1. The Kier molecular flexibility index (Phi) is 5.95. The molecule has 0 aliphatic carbocycles. The van der Waals surface area contributed by atoms with E-state index < -0.39 is 43.5 Å². The second-order valence-corrected chi connectivity index (χ2v) is 9.98. The average Bonchev–Trinajstić information content (AvgIpc) is 2.79. The van der Waals surface area contributed by atoms with Gasteiger partial charge in [-0.2, -0.15) is 4.31 Å². The number of ether oxygens (including phenoxy) is 1. The molecule has 0 spiro atoms. The minimum absolute atomic E-state index is 0.0346. The quantitative estimate of drug-likeness (QED) is 0.670. The van der Waals surface area contributed by atoms with Crippen LogP contribution in [0.1, 0.15) is 13.8 Å². The van der Waals surface area contributed by atoms with E-state index >= 15 is 0 Å². The fourth-order valence-electron chi connectivity index (χ4n) is 2.95. The van der Waals surface area contributed by atoms with Gasteiger partial charge in [0.25, 0.3) is 0 Å². The first-order valence-electron chi connectivity index (χ1n) is 7.87. The summed E-state index contributed by atoms with van der Waals surface area (Å²) in [5.74, 6) is -1.25. The van der Waals surface area contributed by atoms with Crippen LogP contribution in [0.5, 0.6) is 5.75 Å². The fourth-order valence-corrected chi connectivity index (χ4v) is 6.69. The van der Waals surface area contributed by atoms with Gasteiger partial charge in [0.1, 0.15) is 10.6 Å². The van der Waals surface area contributed by atoms with Crippen LogP contribution in [0.4, 0.5) is 5.69 Å². The van der Waals surface area contributed by atoms with Gasteiger partial charge in [-0.3, -0.25) is 4.79 Å². The van der Waals surface area contributed by atoms with Gasteiger partial charge in [-0.1, -0.05) is 6.92 Å². The molecule has 1 amide bonds. The maximum atomic E-state index is 13.2. The Morgan fingerprint density at radius 2 is 2.04 bits per heavy atom. The van der Waals surface area contributed by atoms with Crippen LogP contribution in [0.15, 0.2) is 23.1 Å². The number of likely N-dealkylation sites (N-methyl/N-ethyl adjacent to an activating group) is 1. The molecule has 11 heteroatoms. The summed E-state index contributed by atoms with van der Waals surface area (Å²) >= 11 is 0. The Hall–Kier alpha value is -1.69. The Morgan fingerprint density at radius 3 is 2.50 bits per heavy atom. The maximum absolute atomic E-state index is 13.2. The third-order valence-electron chi connectivity index (χ3n) is 4.05. The van der Waals surface area contributed by atoms with E-state index in [0.717, 1.165) is 4.31 Å². The molecule has 0 saturated carbocycles. The second kappa shape index (κ2) is 7.51. The fraction of sp³-hybridized carbons (Fsp3) is 0.533. The van der Waals surface area contributed by atoms with Gasteiger partial charge in [-0.05, 0) is 18.2 Å². The van der Waals surface area contributed by atoms with Crippen molar-refractivity contribution in [2.75, 3.05) is 30.5 Å². The highest BCUT2D eigenvalue weighted by molar-refractivity contribution is 7.92. The average molecular weight is 406 g/mol. The third-order valence-corrected chi connectivity index (χ3v) is 7.77. The zero-order chi connectivity index (χ0) is 19.7. The number of anilines is 1. The molecule has 0 unspecified atom stereocenters. The van der Waals surface area contributed by atoms with Crippen LogP contribution in [0.25, 0.3) is 0 Å². The van der Waals surface area contributed by atoms with Gasteiger partial charge in [-0.25, -0.2) is 16.8 Å². The Morgan fingerprint density at radius 1 is 1.38 bits per heavy atom. The van der Waals surface area contributed by atoms with E-state index in [1.807, 2.05) is 0 Å². The van der Waals surface area contributed by atoms with Crippen molar-refractivity contribution >= 4 is 31.5 Å². The number of sulfonamides is 1. The number of hydrogen-bond acceptors (Lipinski definition) is 7. The number of benzene rings is 1. The van der Waals surface area contributed by atoms with E-state index in [2.05, 4.69) is 5.32 Å². The first-order chi connectivity index (χ1) is 12.0. The Labute approximate surface area is 152 Å². The molecule has 1 aliphatic rings. The van der Waals surface area contributed by atoms with Crippen molar-refractivity contribution in [3.63, 3.8) is 0 Å².